The van der Waals surface area contributed by atoms with Gasteiger partial charge in [0.25, 0.3) is 0 Å². The normalized spacial score (nSPS) is 30.6. The van der Waals surface area contributed by atoms with Gasteiger partial charge in [0, 0.05) is 25.4 Å². The first kappa shape index (κ1) is 20.7. The van der Waals surface area contributed by atoms with Crippen LogP contribution in [0.3, 0.4) is 0 Å². The molecule has 2 aliphatic carbocycles. The SMILES string of the molecule is CN(C(=O)CCCSC1(C2CCC(O)C(O)C2)N=NN=N1)C1CCCCC1. The summed E-state index contributed by atoms with van der Waals surface area (Å²) < 4.78 is 0. The molecule has 3 aliphatic rings. The van der Waals surface area contributed by atoms with Crippen molar-refractivity contribution in [2.45, 2.75) is 87.5 Å². The number of carbonyl (C=O) groups excluding carboxylic acids is 1. The van der Waals surface area contributed by atoms with E-state index in [2.05, 4.69) is 20.7 Å². The van der Waals surface area contributed by atoms with E-state index in [-0.39, 0.29) is 11.8 Å². The highest BCUT2D eigenvalue weighted by Gasteiger charge is 2.46. The van der Waals surface area contributed by atoms with E-state index >= 15 is 0 Å². The maximum Gasteiger partial charge on any atom is 0.243 e. The number of hydrogen-bond acceptors (Lipinski definition) is 8. The topological polar surface area (TPSA) is 110 Å². The second-order valence-electron chi connectivity index (χ2n) is 7.93. The van der Waals surface area contributed by atoms with Gasteiger partial charge in [-0.05, 0) is 54.7 Å². The number of carbonyl (C=O) groups is 1. The van der Waals surface area contributed by atoms with Crippen molar-refractivity contribution < 1.29 is 15.0 Å². The van der Waals surface area contributed by atoms with Crippen LogP contribution in [0.2, 0.25) is 0 Å². The fourth-order valence-corrected chi connectivity index (χ4v) is 5.52. The van der Waals surface area contributed by atoms with Crippen LogP contribution in [0.4, 0.5) is 0 Å². The zero-order valence-electron chi connectivity index (χ0n) is 16.0. The number of nitrogens with zero attached hydrogens (tertiary/aromatic N) is 5. The fraction of sp³-hybridized carbons (Fsp3) is 0.944. The quantitative estimate of drug-likeness (QED) is 0.642. The summed E-state index contributed by atoms with van der Waals surface area (Å²) in [7, 11) is 1.93. The van der Waals surface area contributed by atoms with Gasteiger partial charge in [0.2, 0.25) is 10.9 Å². The molecule has 152 valence electrons. The van der Waals surface area contributed by atoms with Crippen molar-refractivity contribution in [1.82, 2.24) is 4.90 Å². The van der Waals surface area contributed by atoms with E-state index in [1.807, 2.05) is 11.9 Å². The van der Waals surface area contributed by atoms with Gasteiger partial charge in [-0.1, -0.05) is 19.3 Å². The molecule has 0 bridgehead atoms. The fourth-order valence-electron chi connectivity index (χ4n) is 4.29. The zero-order chi connectivity index (χ0) is 19.3. The van der Waals surface area contributed by atoms with Crippen LogP contribution in [0.15, 0.2) is 20.7 Å². The van der Waals surface area contributed by atoms with Crippen LogP contribution in [-0.4, -0.2) is 57.1 Å². The molecule has 2 N–H and O–H groups in total. The van der Waals surface area contributed by atoms with E-state index in [0.29, 0.717) is 25.3 Å². The molecule has 1 amide bonds. The Labute approximate surface area is 164 Å². The van der Waals surface area contributed by atoms with Gasteiger partial charge < -0.3 is 15.1 Å². The van der Waals surface area contributed by atoms with Gasteiger partial charge in [0.15, 0.2) is 0 Å². The van der Waals surface area contributed by atoms with Crippen LogP contribution < -0.4 is 0 Å². The number of aliphatic hydroxyl groups is 2. The lowest BCUT2D eigenvalue weighted by molar-refractivity contribution is -0.132. The van der Waals surface area contributed by atoms with Crippen molar-refractivity contribution in [3.05, 3.63) is 0 Å². The summed E-state index contributed by atoms with van der Waals surface area (Å²) in [4.78, 5) is 13.6. The van der Waals surface area contributed by atoms with Crippen molar-refractivity contribution in [2.75, 3.05) is 12.8 Å². The first-order valence-electron chi connectivity index (χ1n) is 10.1. The van der Waals surface area contributed by atoms with Crippen LogP contribution in [0.5, 0.6) is 0 Å². The predicted molar refractivity (Wildman–Crippen MR) is 103 cm³/mol. The van der Waals surface area contributed by atoms with E-state index in [4.69, 9.17) is 0 Å². The summed E-state index contributed by atoms with van der Waals surface area (Å²) in [6.45, 7) is 0. The standard InChI is InChI=1S/C18H31N5O3S/c1-23(14-6-3-2-4-7-14)17(26)8-5-11-27-18(19-21-22-20-18)13-9-10-15(24)16(25)12-13/h13-16,24-25H,2-12H2,1H3. The first-order chi connectivity index (χ1) is 13.0. The van der Waals surface area contributed by atoms with Gasteiger partial charge in [0.05, 0.1) is 12.2 Å². The van der Waals surface area contributed by atoms with Crippen LogP contribution in [0.25, 0.3) is 0 Å². The maximum atomic E-state index is 12.5. The molecule has 3 atom stereocenters. The number of hydrogen-bond donors (Lipinski definition) is 2. The molecule has 0 radical (unpaired) electrons. The lowest BCUT2D eigenvalue weighted by Crippen LogP contribution is -2.41. The van der Waals surface area contributed by atoms with E-state index in [1.165, 1.54) is 19.3 Å². The van der Waals surface area contributed by atoms with Gasteiger partial charge >= 0.3 is 0 Å². The van der Waals surface area contributed by atoms with E-state index in [0.717, 1.165) is 31.4 Å². The molecule has 0 aromatic carbocycles. The Morgan fingerprint density at radius 1 is 1.07 bits per heavy atom. The highest BCUT2D eigenvalue weighted by atomic mass is 32.2. The molecule has 0 aromatic heterocycles. The molecule has 2 fully saturated rings. The Hall–Kier alpha value is -1.06. The third-order valence-corrected chi connectivity index (χ3v) is 7.51. The smallest absolute Gasteiger partial charge is 0.243 e. The van der Waals surface area contributed by atoms with Crippen LogP contribution in [0.1, 0.15) is 64.2 Å². The number of amides is 1. The van der Waals surface area contributed by atoms with Gasteiger partial charge in [-0.25, -0.2) is 0 Å². The molecule has 3 unspecified atom stereocenters. The molecular weight excluding hydrogens is 366 g/mol. The average molecular weight is 398 g/mol. The van der Waals surface area contributed by atoms with Gasteiger partial charge in [-0.2, -0.15) is 0 Å². The van der Waals surface area contributed by atoms with E-state index in [1.54, 1.807) is 11.8 Å². The summed E-state index contributed by atoms with van der Waals surface area (Å²) in [6, 6.07) is 0.401. The minimum atomic E-state index is -0.806. The molecule has 27 heavy (non-hydrogen) atoms. The number of rotatable bonds is 7. The largest absolute Gasteiger partial charge is 0.390 e. The minimum absolute atomic E-state index is 0.00323. The molecule has 3 rings (SSSR count). The van der Waals surface area contributed by atoms with Crippen molar-refractivity contribution >= 4 is 17.7 Å². The van der Waals surface area contributed by atoms with Gasteiger partial charge in [-0.15, -0.1) is 22.0 Å². The van der Waals surface area contributed by atoms with E-state index < -0.39 is 17.2 Å². The van der Waals surface area contributed by atoms with Gasteiger partial charge in [0.1, 0.15) is 0 Å². The van der Waals surface area contributed by atoms with Crippen molar-refractivity contribution in [2.24, 2.45) is 26.6 Å². The molecule has 9 heteroatoms. The second kappa shape index (κ2) is 9.43. The Bertz CT molecular complexity index is 555. The number of aliphatic hydroxyl groups excluding tert-OH is 2. The molecular formula is C18H31N5O3S. The Morgan fingerprint density at radius 3 is 2.44 bits per heavy atom. The van der Waals surface area contributed by atoms with Crippen LogP contribution in [-0.2, 0) is 4.79 Å². The second-order valence-corrected chi connectivity index (χ2v) is 9.23. The Balaban J connectivity index is 1.45. The highest BCUT2D eigenvalue weighted by Crippen LogP contribution is 2.46. The third-order valence-electron chi connectivity index (χ3n) is 6.09. The molecule has 0 spiro atoms. The molecule has 8 nitrogen and oxygen atoms in total. The summed E-state index contributed by atoms with van der Waals surface area (Å²) in [5.41, 5.74) is 0. The zero-order valence-corrected chi connectivity index (χ0v) is 16.9. The van der Waals surface area contributed by atoms with Crippen LogP contribution >= 0.6 is 11.8 Å². The van der Waals surface area contributed by atoms with Crippen molar-refractivity contribution in [3.8, 4) is 0 Å². The monoisotopic (exact) mass is 397 g/mol. The summed E-state index contributed by atoms with van der Waals surface area (Å²) >= 11 is 1.55. The molecule has 1 heterocycles. The van der Waals surface area contributed by atoms with E-state index in [9.17, 15) is 15.0 Å². The highest BCUT2D eigenvalue weighted by molar-refractivity contribution is 8.00. The molecule has 0 aromatic rings. The summed E-state index contributed by atoms with van der Waals surface area (Å²) in [6.07, 6.45) is 7.52. The number of thioether (sulfide) groups is 1. The van der Waals surface area contributed by atoms with Crippen molar-refractivity contribution in [3.63, 3.8) is 0 Å². The molecule has 1 aliphatic heterocycles. The lowest BCUT2D eigenvalue weighted by Gasteiger charge is -2.36. The minimum Gasteiger partial charge on any atom is -0.390 e. The van der Waals surface area contributed by atoms with Crippen molar-refractivity contribution in [1.29, 1.82) is 0 Å². The third kappa shape index (κ3) is 5.06. The molecule has 2 saturated carbocycles. The van der Waals surface area contributed by atoms with Gasteiger partial charge in [-0.3, -0.25) is 4.79 Å². The first-order valence-corrected chi connectivity index (χ1v) is 11.1. The molecule has 0 saturated heterocycles. The van der Waals surface area contributed by atoms with Crippen LogP contribution in [0, 0.1) is 5.92 Å². The predicted octanol–water partition coefficient (Wildman–Crippen LogP) is 3.30. The Morgan fingerprint density at radius 2 is 1.78 bits per heavy atom. The maximum absolute atomic E-state index is 12.5. The Kier molecular flexibility index (Phi) is 7.22. The summed E-state index contributed by atoms with van der Waals surface area (Å²) in [5.74, 6) is 0.941. The summed E-state index contributed by atoms with van der Waals surface area (Å²) in [5, 5.41) is 35.6. The average Bonchev–Trinajstić information content (AvgIpc) is 3.17. The lowest BCUT2D eigenvalue weighted by atomic mass is 9.83.